The number of aromatic nitrogens is 2. The highest BCUT2D eigenvalue weighted by Gasteiger charge is 2.13. The third-order valence-corrected chi connectivity index (χ3v) is 3.52. The van der Waals surface area contributed by atoms with Gasteiger partial charge in [-0.05, 0) is 44.3 Å². The van der Waals surface area contributed by atoms with Gasteiger partial charge in [0.25, 0.3) is 0 Å². The molecule has 0 radical (unpaired) electrons. The average Bonchev–Trinajstić information content (AvgIpc) is 2.81. The Morgan fingerprint density at radius 1 is 1.67 bits per heavy atom. The Hall–Kier alpha value is -1.36. The minimum Gasteiger partial charge on any atom is -0.356 e. The van der Waals surface area contributed by atoms with Crippen molar-refractivity contribution in [2.45, 2.75) is 25.7 Å². The smallest absolute Gasteiger partial charge is 0.220 e. The number of rotatable bonds is 5. The summed E-state index contributed by atoms with van der Waals surface area (Å²) in [6, 6.07) is 1.96. The zero-order valence-corrected chi connectivity index (χ0v) is 11.0. The van der Waals surface area contributed by atoms with Crippen LogP contribution in [0.4, 0.5) is 0 Å². The molecule has 5 heteroatoms. The van der Waals surface area contributed by atoms with E-state index in [1.807, 2.05) is 17.8 Å². The van der Waals surface area contributed by atoms with E-state index in [0.717, 1.165) is 31.7 Å². The van der Waals surface area contributed by atoms with Crippen LogP contribution in [0.15, 0.2) is 12.3 Å². The van der Waals surface area contributed by atoms with E-state index in [9.17, 15) is 4.79 Å². The predicted octanol–water partition coefficient (Wildman–Crippen LogP) is 0.469. The van der Waals surface area contributed by atoms with Crippen molar-refractivity contribution >= 4 is 5.91 Å². The van der Waals surface area contributed by atoms with Gasteiger partial charge in [0, 0.05) is 31.9 Å². The van der Waals surface area contributed by atoms with Crippen molar-refractivity contribution in [1.29, 1.82) is 0 Å². The molecule has 0 aliphatic carbocycles. The number of hydrogen-bond donors (Lipinski definition) is 2. The van der Waals surface area contributed by atoms with Gasteiger partial charge in [-0.25, -0.2) is 0 Å². The Morgan fingerprint density at radius 3 is 3.22 bits per heavy atom. The summed E-state index contributed by atoms with van der Waals surface area (Å²) in [6.07, 6.45) is 5.50. The molecule has 0 bridgehead atoms. The summed E-state index contributed by atoms with van der Waals surface area (Å²) in [5.74, 6) is 0.737. The maximum Gasteiger partial charge on any atom is 0.220 e. The van der Waals surface area contributed by atoms with E-state index in [1.165, 1.54) is 12.8 Å². The second-order valence-electron chi connectivity index (χ2n) is 4.96. The number of aryl methyl sites for hydroxylation is 2. The Balaban J connectivity index is 1.64. The minimum atomic E-state index is 0.141. The van der Waals surface area contributed by atoms with Gasteiger partial charge < -0.3 is 10.6 Å². The molecule has 1 aromatic heterocycles. The maximum absolute atomic E-state index is 11.7. The second-order valence-corrected chi connectivity index (χ2v) is 4.96. The molecule has 0 unspecified atom stereocenters. The van der Waals surface area contributed by atoms with Crippen LogP contribution < -0.4 is 10.6 Å². The molecular weight excluding hydrogens is 228 g/mol. The second kappa shape index (κ2) is 6.54. The molecule has 1 aromatic rings. The Labute approximate surface area is 108 Å². The van der Waals surface area contributed by atoms with Crippen LogP contribution in [-0.2, 0) is 18.3 Å². The topological polar surface area (TPSA) is 59.0 Å². The molecule has 1 amide bonds. The minimum absolute atomic E-state index is 0.141. The lowest BCUT2D eigenvalue weighted by atomic mass is 10.00. The van der Waals surface area contributed by atoms with Crippen LogP contribution in [0, 0.1) is 5.92 Å². The van der Waals surface area contributed by atoms with E-state index < -0.39 is 0 Å². The summed E-state index contributed by atoms with van der Waals surface area (Å²) in [5.41, 5.74) is 1.10. The van der Waals surface area contributed by atoms with Crippen molar-refractivity contribution in [3.8, 4) is 0 Å². The van der Waals surface area contributed by atoms with Gasteiger partial charge in [-0.1, -0.05) is 0 Å². The molecule has 0 spiro atoms. The molecule has 100 valence electrons. The lowest BCUT2D eigenvalue weighted by Crippen LogP contribution is -2.38. The summed E-state index contributed by atoms with van der Waals surface area (Å²) >= 11 is 0. The standard InChI is InChI=1S/C13H22N4O/c1-17-12(6-8-16-17)4-5-13(18)15-10-11-3-2-7-14-9-11/h6,8,11,14H,2-5,7,9-10H2,1H3,(H,15,18)/t11-/m1/s1. The van der Waals surface area contributed by atoms with Crippen molar-refractivity contribution < 1.29 is 4.79 Å². The molecule has 1 aliphatic rings. The fourth-order valence-corrected chi connectivity index (χ4v) is 2.33. The largest absolute Gasteiger partial charge is 0.356 e. The SMILES string of the molecule is Cn1nccc1CCC(=O)NC[C@@H]1CCCNC1. The van der Waals surface area contributed by atoms with E-state index >= 15 is 0 Å². The molecule has 2 N–H and O–H groups in total. The zero-order chi connectivity index (χ0) is 12.8. The van der Waals surface area contributed by atoms with Gasteiger partial charge >= 0.3 is 0 Å². The molecule has 18 heavy (non-hydrogen) atoms. The molecule has 1 saturated heterocycles. The van der Waals surface area contributed by atoms with Crippen LogP contribution in [0.3, 0.4) is 0 Å². The Kier molecular flexibility index (Phi) is 4.75. The molecule has 1 fully saturated rings. The van der Waals surface area contributed by atoms with Crippen LogP contribution >= 0.6 is 0 Å². The lowest BCUT2D eigenvalue weighted by Gasteiger charge is -2.22. The molecular formula is C13H22N4O. The van der Waals surface area contributed by atoms with Crippen LogP contribution in [-0.4, -0.2) is 35.3 Å². The third-order valence-electron chi connectivity index (χ3n) is 3.52. The zero-order valence-electron chi connectivity index (χ0n) is 11.0. The molecule has 1 atom stereocenters. The third kappa shape index (κ3) is 3.84. The summed E-state index contributed by atoms with van der Waals surface area (Å²) in [7, 11) is 1.90. The van der Waals surface area contributed by atoms with E-state index in [4.69, 9.17) is 0 Å². The van der Waals surface area contributed by atoms with Crippen LogP contribution in [0.25, 0.3) is 0 Å². The quantitative estimate of drug-likeness (QED) is 0.798. The van der Waals surface area contributed by atoms with Crippen molar-refractivity contribution in [1.82, 2.24) is 20.4 Å². The van der Waals surface area contributed by atoms with Gasteiger partial charge in [0.1, 0.15) is 0 Å². The molecule has 1 aliphatic heterocycles. The van der Waals surface area contributed by atoms with Gasteiger partial charge in [0.2, 0.25) is 5.91 Å². The molecule has 2 rings (SSSR count). The van der Waals surface area contributed by atoms with E-state index in [-0.39, 0.29) is 5.91 Å². The van der Waals surface area contributed by atoms with Crippen molar-refractivity contribution in [2.75, 3.05) is 19.6 Å². The van der Waals surface area contributed by atoms with Crippen molar-refractivity contribution in [2.24, 2.45) is 13.0 Å². The lowest BCUT2D eigenvalue weighted by molar-refractivity contribution is -0.121. The molecule has 0 saturated carbocycles. The first-order valence-corrected chi connectivity index (χ1v) is 6.70. The summed E-state index contributed by atoms with van der Waals surface area (Å²) in [4.78, 5) is 11.7. The number of hydrogen-bond acceptors (Lipinski definition) is 3. The highest BCUT2D eigenvalue weighted by atomic mass is 16.1. The molecule has 2 heterocycles. The van der Waals surface area contributed by atoms with E-state index in [1.54, 1.807) is 6.20 Å². The van der Waals surface area contributed by atoms with Gasteiger partial charge in [0.05, 0.1) is 0 Å². The average molecular weight is 250 g/mol. The fraction of sp³-hybridized carbons (Fsp3) is 0.692. The van der Waals surface area contributed by atoms with Gasteiger partial charge in [-0.15, -0.1) is 0 Å². The monoisotopic (exact) mass is 250 g/mol. The number of amides is 1. The van der Waals surface area contributed by atoms with Crippen LogP contribution in [0.5, 0.6) is 0 Å². The van der Waals surface area contributed by atoms with E-state index in [0.29, 0.717) is 12.3 Å². The number of carbonyl (C=O) groups excluding carboxylic acids is 1. The van der Waals surface area contributed by atoms with Crippen molar-refractivity contribution in [3.63, 3.8) is 0 Å². The highest BCUT2D eigenvalue weighted by molar-refractivity contribution is 5.76. The molecule has 0 aromatic carbocycles. The summed E-state index contributed by atoms with van der Waals surface area (Å²) < 4.78 is 1.82. The van der Waals surface area contributed by atoms with E-state index in [2.05, 4.69) is 15.7 Å². The molecule has 5 nitrogen and oxygen atoms in total. The first-order valence-electron chi connectivity index (χ1n) is 6.70. The number of carbonyl (C=O) groups is 1. The number of nitrogens with zero attached hydrogens (tertiary/aromatic N) is 2. The normalized spacial score (nSPS) is 19.7. The summed E-state index contributed by atoms with van der Waals surface area (Å²) in [5, 5.41) is 10.5. The first-order chi connectivity index (χ1) is 8.75. The van der Waals surface area contributed by atoms with Crippen molar-refractivity contribution in [3.05, 3.63) is 18.0 Å². The predicted molar refractivity (Wildman–Crippen MR) is 70.1 cm³/mol. The Morgan fingerprint density at radius 2 is 2.56 bits per heavy atom. The van der Waals surface area contributed by atoms with Crippen LogP contribution in [0.1, 0.15) is 25.0 Å². The number of nitrogens with one attached hydrogen (secondary N) is 2. The van der Waals surface area contributed by atoms with Crippen LogP contribution in [0.2, 0.25) is 0 Å². The highest BCUT2D eigenvalue weighted by Crippen LogP contribution is 2.08. The first kappa shape index (κ1) is 13.1. The maximum atomic E-state index is 11.7. The van der Waals surface area contributed by atoms with Gasteiger partial charge in [0.15, 0.2) is 0 Å². The fourth-order valence-electron chi connectivity index (χ4n) is 2.33. The van der Waals surface area contributed by atoms with Gasteiger partial charge in [-0.3, -0.25) is 9.48 Å². The summed E-state index contributed by atoms with van der Waals surface area (Å²) in [6.45, 7) is 2.95. The Bertz CT molecular complexity index is 382. The van der Waals surface area contributed by atoms with Gasteiger partial charge in [-0.2, -0.15) is 5.10 Å². The number of piperidine rings is 1.